The maximum absolute atomic E-state index is 12.8. The number of nitrogens with two attached hydrogens (primary N) is 1. The quantitative estimate of drug-likeness (QED) is 0.767. The maximum Gasteiger partial charge on any atom is 0.253 e. The van der Waals surface area contributed by atoms with E-state index in [2.05, 4.69) is 10.1 Å². The van der Waals surface area contributed by atoms with E-state index in [9.17, 15) is 4.79 Å². The second-order valence-electron chi connectivity index (χ2n) is 6.85. The van der Waals surface area contributed by atoms with E-state index in [1.54, 1.807) is 12.5 Å². The van der Waals surface area contributed by atoms with Crippen LogP contribution in [0.2, 0.25) is 0 Å². The Morgan fingerprint density at radius 2 is 2.08 bits per heavy atom. The second-order valence-corrected chi connectivity index (χ2v) is 6.85. The van der Waals surface area contributed by atoms with Gasteiger partial charge in [-0.25, -0.2) is 4.98 Å². The van der Waals surface area contributed by atoms with E-state index in [4.69, 9.17) is 5.73 Å². The molecule has 0 spiro atoms. The average molecular weight is 350 g/mol. The first-order valence-electron chi connectivity index (χ1n) is 8.69. The molecule has 0 saturated carbocycles. The van der Waals surface area contributed by atoms with Gasteiger partial charge in [-0.3, -0.25) is 9.48 Å². The van der Waals surface area contributed by atoms with Gasteiger partial charge < -0.3 is 15.2 Å². The van der Waals surface area contributed by atoms with E-state index in [-0.39, 0.29) is 17.9 Å². The van der Waals surface area contributed by atoms with Crippen LogP contribution in [0.4, 0.5) is 0 Å². The summed E-state index contributed by atoms with van der Waals surface area (Å²) in [7, 11) is 1.94. The Morgan fingerprint density at radius 1 is 1.27 bits per heavy atom. The molecule has 1 fully saturated rings. The van der Waals surface area contributed by atoms with Gasteiger partial charge in [0.25, 0.3) is 5.91 Å². The van der Waals surface area contributed by atoms with Crippen LogP contribution in [-0.4, -0.2) is 49.3 Å². The van der Waals surface area contributed by atoms with E-state index in [0.29, 0.717) is 25.2 Å². The molecule has 3 heterocycles. The third-order valence-electron chi connectivity index (χ3n) is 4.86. The Kier molecular flexibility index (Phi) is 4.30. The summed E-state index contributed by atoms with van der Waals surface area (Å²) in [6.45, 7) is 1.85. The van der Waals surface area contributed by atoms with Crippen molar-refractivity contribution in [2.75, 3.05) is 13.1 Å². The molecule has 2 N–H and O–H groups in total. The minimum absolute atomic E-state index is 0.0181. The first-order valence-corrected chi connectivity index (χ1v) is 8.69. The van der Waals surface area contributed by atoms with Crippen molar-refractivity contribution in [3.05, 3.63) is 72.1 Å². The number of likely N-dealkylation sites (tertiary alicyclic amines) is 1. The molecular weight excluding hydrogens is 328 g/mol. The number of hydrogen-bond acceptors (Lipinski definition) is 4. The van der Waals surface area contributed by atoms with Gasteiger partial charge in [0.05, 0.1) is 18.6 Å². The molecule has 26 heavy (non-hydrogen) atoms. The van der Waals surface area contributed by atoms with Gasteiger partial charge in [0.15, 0.2) is 0 Å². The number of amides is 1. The van der Waals surface area contributed by atoms with E-state index >= 15 is 0 Å². The van der Waals surface area contributed by atoms with Gasteiger partial charge in [0.2, 0.25) is 0 Å². The van der Waals surface area contributed by atoms with Crippen LogP contribution in [0.25, 0.3) is 0 Å². The molecule has 0 bridgehead atoms. The summed E-state index contributed by atoms with van der Waals surface area (Å²) in [5.41, 5.74) is 9.01. The van der Waals surface area contributed by atoms with Gasteiger partial charge in [0, 0.05) is 56.3 Å². The topological polar surface area (TPSA) is 82.0 Å². The fraction of sp³-hybridized carbons (Fsp3) is 0.316. The van der Waals surface area contributed by atoms with Crippen molar-refractivity contribution in [1.82, 2.24) is 24.2 Å². The zero-order valence-corrected chi connectivity index (χ0v) is 14.7. The zero-order valence-electron chi connectivity index (χ0n) is 14.7. The number of nitrogens with zero attached hydrogens (tertiary/aromatic N) is 5. The second kappa shape index (κ2) is 6.76. The van der Waals surface area contributed by atoms with Gasteiger partial charge >= 0.3 is 0 Å². The molecule has 4 rings (SSSR count). The van der Waals surface area contributed by atoms with Gasteiger partial charge in [-0.1, -0.05) is 12.1 Å². The van der Waals surface area contributed by atoms with Crippen molar-refractivity contribution < 1.29 is 4.79 Å². The predicted molar refractivity (Wildman–Crippen MR) is 97.6 cm³/mol. The summed E-state index contributed by atoms with van der Waals surface area (Å²) in [5.74, 6) is 0.101. The standard InChI is InChI=1S/C19H22N6O/c1-23-12-18(21-13-23)16-10-24(11-17(16)20)19(26)15-5-3-14(4-6-15)9-25-8-2-7-22-25/h2-8,12-13,16-17H,9-11,20H2,1H3/t16-,17-/m1/s1. The average Bonchev–Trinajstić information content (AvgIpc) is 3.37. The van der Waals surface area contributed by atoms with Crippen molar-refractivity contribution in [2.24, 2.45) is 12.8 Å². The lowest BCUT2D eigenvalue weighted by atomic mass is 10.0. The number of aromatic nitrogens is 4. The van der Waals surface area contributed by atoms with Crippen LogP contribution in [0.3, 0.4) is 0 Å². The monoisotopic (exact) mass is 350 g/mol. The molecule has 2 aromatic heterocycles. The SMILES string of the molecule is Cn1cnc([C@@H]2CN(C(=O)c3ccc(Cn4cccn4)cc3)C[C@H]2N)c1. The maximum atomic E-state index is 12.8. The fourth-order valence-electron chi connectivity index (χ4n) is 3.45. The lowest BCUT2D eigenvalue weighted by Crippen LogP contribution is -2.32. The van der Waals surface area contributed by atoms with Gasteiger partial charge in [-0.15, -0.1) is 0 Å². The highest BCUT2D eigenvalue weighted by atomic mass is 16.2. The Bertz CT molecular complexity index is 883. The molecule has 7 nitrogen and oxygen atoms in total. The summed E-state index contributed by atoms with van der Waals surface area (Å²) >= 11 is 0. The predicted octanol–water partition coefficient (Wildman–Crippen LogP) is 1.23. The summed E-state index contributed by atoms with van der Waals surface area (Å²) in [6, 6.07) is 9.50. The molecule has 0 radical (unpaired) electrons. The lowest BCUT2D eigenvalue weighted by Gasteiger charge is -2.16. The molecule has 1 saturated heterocycles. The number of benzene rings is 1. The van der Waals surface area contributed by atoms with Crippen LogP contribution in [-0.2, 0) is 13.6 Å². The summed E-state index contributed by atoms with van der Waals surface area (Å²) in [6.07, 6.45) is 7.42. The highest BCUT2D eigenvalue weighted by Crippen LogP contribution is 2.26. The Hall–Kier alpha value is -2.93. The van der Waals surface area contributed by atoms with E-state index < -0.39 is 0 Å². The molecule has 134 valence electrons. The molecule has 0 unspecified atom stereocenters. The van der Waals surface area contributed by atoms with Gasteiger partial charge in [-0.05, 0) is 23.8 Å². The number of imidazole rings is 1. The minimum Gasteiger partial charge on any atom is -0.340 e. The third kappa shape index (κ3) is 3.25. The number of hydrogen-bond donors (Lipinski definition) is 1. The lowest BCUT2D eigenvalue weighted by molar-refractivity contribution is 0.0789. The molecule has 2 atom stereocenters. The van der Waals surface area contributed by atoms with E-state index in [1.165, 1.54) is 0 Å². The Balaban J connectivity index is 1.44. The Morgan fingerprint density at radius 3 is 2.73 bits per heavy atom. The normalized spacial score (nSPS) is 19.8. The van der Waals surface area contributed by atoms with Gasteiger partial charge in [-0.2, -0.15) is 5.10 Å². The van der Waals surface area contributed by atoms with Crippen molar-refractivity contribution in [3.8, 4) is 0 Å². The minimum atomic E-state index is -0.0899. The molecule has 1 aliphatic rings. The van der Waals surface area contributed by atoms with Crippen molar-refractivity contribution in [3.63, 3.8) is 0 Å². The molecule has 3 aromatic rings. The van der Waals surface area contributed by atoms with Crippen LogP contribution in [0.15, 0.2) is 55.2 Å². The number of carbonyl (C=O) groups excluding carboxylic acids is 1. The summed E-state index contributed by atoms with van der Waals surface area (Å²) in [4.78, 5) is 19.1. The molecule has 1 aliphatic heterocycles. The zero-order chi connectivity index (χ0) is 18.1. The van der Waals surface area contributed by atoms with Crippen LogP contribution < -0.4 is 5.73 Å². The van der Waals surface area contributed by atoms with E-state index in [0.717, 1.165) is 11.3 Å². The number of carbonyl (C=O) groups is 1. The molecule has 1 aromatic carbocycles. The van der Waals surface area contributed by atoms with E-state index in [1.807, 2.05) is 63.9 Å². The number of aryl methyl sites for hydroxylation is 1. The van der Waals surface area contributed by atoms with Crippen LogP contribution in [0.5, 0.6) is 0 Å². The summed E-state index contributed by atoms with van der Waals surface area (Å²) in [5, 5.41) is 4.20. The largest absolute Gasteiger partial charge is 0.340 e. The first kappa shape index (κ1) is 16.5. The van der Waals surface area contributed by atoms with Crippen molar-refractivity contribution >= 4 is 5.91 Å². The Labute approximate surface area is 152 Å². The smallest absolute Gasteiger partial charge is 0.253 e. The van der Waals surface area contributed by atoms with Crippen LogP contribution >= 0.6 is 0 Å². The molecular formula is C19H22N6O. The van der Waals surface area contributed by atoms with Crippen molar-refractivity contribution in [2.45, 2.75) is 18.5 Å². The fourth-order valence-corrected chi connectivity index (χ4v) is 3.45. The highest BCUT2D eigenvalue weighted by molar-refractivity contribution is 5.94. The first-order chi connectivity index (χ1) is 12.6. The van der Waals surface area contributed by atoms with Crippen LogP contribution in [0, 0.1) is 0 Å². The highest BCUT2D eigenvalue weighted by Gasteiger charge is 2.35. The van der Waals surface area contributed by atoms with Crippen molar-refractivity contribution in [1.29, 1.82) is 0 Å². The summed E-state index contributed by atoms with van der Waals surface area (Å²) < 4.78 is 3.76. The van der Waals surface area contributed by atoms with Crippen LogP contribution in [0.1, 0.15) is 27.5 Å². The number of rotatable bonds is 4. The molecule has 7 heteroatoms. The van der Waals surface area contributed by atoms with Gasteiger partial charge in [0.1, 0.15) is 0 Å². The molecule has 0 aliphatic carbocycles. The molecule has 1 amide bonds. The third-order valence-corrected chi connectivity index (χ3v) is 4.86.